The van der Waals surface area contributed by atoms with Crippen LogP contribution in [0.3, 0.4) is 0 Å². The smallest absolute Gasteiger partial charge is 0.321 e. The van der Waals surface area contributed by atoms with Crippen molar-refractivity contribution in [2.24, 2.45) is 0 Å². The van der Waals surface area contributed by atoms with E-state index in [9.17, 15) is 14.0 Å². The van der Waals surface area contributed by atoms with Crippen LogP contribution in [0.1, 0.15) is 33.0 Å². The molecular formula is C22H21FN6O3S. The molecule has 4 rings (SSSR count). The van der Waals surface area contributed by atoms with Crippen LogP contribution < -0.4 is 10.6 Å². The number of aryl methyl sites for hydroxylation is 2. The number of urea groups is 1. The lowest BCUT2D eigenvalue weighted by Crippen LogP contribution is -2.28. The maximum atomic E-state index is 13.2. The first-order valence-electron chi connectivity index (χ1n) is 10.0. The van der Waals surface area contributed by atoms with Gasteiger partial charge in [-0.3, -0.25) is 10.1 Å². The van der Waals surface area contributed by atoms with E-state index in [1.54, 1.807) is 44.5 Å². The molecule has 0 unspecified atom stereocenters. The van der Waals surface area contributed by atoms with Crippen LogP contribution in [0.2, 0.25) is 0 Å². The van der Waals surface area contributed by atoms with E-state index in [1.807, 2.05) is 0 Å². The van der Waals surface area contributed by atoms with Gasteiger partial charge in [-0.15, -0.1) is 11.3 Å². The van der Waals surface area contributed by atoms with Gasteiger partial charge in [0.15, 0.2) is 5.13 Å². The normalized spacial score (nSPS) is 10.9. The summed E-state index contributed by atoms with van der Waals surface area (Å²) in [6, 6.07) is 7.25. The van der Waals surface area contributed by atoms with E-state index in [0.717, 1.165) is 0 Å². The van der Waals surface area contributed by atoms with Crippen molar-refractivity contribution in [3.63, 3.8) is 0 Å². The molecule has 2 N–H and O–H groups in total. The molecule has 170 valence electrons. The van der Waals surface area contributed by atoms with Gasteiger partial charge in [0.1, 0.15) is 5.82 Å². The fourth-order valence-corrected chi connectivity index (χ4v) is 4.01. The molecule has 0 atom stereocenters. The number of rotatable bonds is 6. The molecule has 33 heavy (non-hydrogen) atoms. The molecule has 4 aromatic rings. The molecule has 0 saturated carbocycles. The number of nitrogens with zero attached hydrogens (tertiary/aromatic N) is 4. The van der Waals surface area contributed by atoms with E-state index in [1.165, 1.54) is 28.4 Å². The minimum Gasteiger partial charge on any atom is -0.336 e. The zero-order chi connectivity index (χ0) is 23.5. The Balaban J connectivity index is 1.38. The van der Waals surface area contributed by atoms with E-state index >= 15 is 0 Å². The topological polar surface area (TPSA) is 113 Å². The number of pyridine rings is 1. The van der Waals surface area contributed by atoms with Crippen LogP contribution in [0.5, 0.6) is 0 Å². The molecule has 0 spiro atoms. The first-order chi connectivity index (χ1) is 15.8. The highest BCUT2D eigenvalue weighted by atomic mass is 32.1. The quantitative estimate of drug-likeness (QED) is 0.442. The zero-order valence-electron chi connectivity index (χ0n) is 18.2. The Bertz CT molecular complexity index is 1330. The van der Waals surface area contributed by atoms with Crippen molar-refractivity contribution in [2.75, 3.05) is 12.4 Å². The van der Waals surface area contributed by atoms with Gasteiger partial charge < -0.3 is 14.7 Å². The third-order valence-electron chi connectivity index (χ3n) is 4.84. The Morgan fingerprint density at radius 2 is 2.03 bits per heavy atom. The standard InChI is InChI=1S/C22H21FN6O3S/c1-12-7-17(18-13(2)28-32-19(18)25-12)20(30)29(3)10-16-11-33-22(26-16)27-21(31)24-9-14-5-4-6-15(23)8-14/h4-8,11H,9-10H2,1-3H3,(H2,24,26,27,31). The number of amides is 3. The summed E-state index contributed by atoms with van der Waals surface area (Å²) in [4.78, 5) is 35.4. The van der Waals surface area contributed by atoms with Crippen molar-refractivity contribution >= 4 is 39.5 Å². The molecule has 0 radical (unpaired) electrons. The lowest BCUT2D eigenvalue weighted by molar-refractivity contribution is 0.0785. The number of nitrogens with one attached hydrogen (secondary N) is 2. The number of thiazole rings is 1. The molecule has 0 aliphatic heterocycles. The molecule has 1 aromatic carbocycles. The van der Waals surface area contributed by atoms with Crippen LogP contribution in [0.15, 0.2) is 40.2 Å². The molecule has 0 saturated heterocycles. The molecule has 3 amide bonds. The van der Waals surface area contributed by atoms with Crippen LogP contribution in [0.25, 0.3) is 11.1 Å². The van der Waals surface area contributed by atoms with E-state index in [-0.39, 0.29) is 24.8 Å². The number of hydrogen-bond donors (Lipinski definition) is 2. The Morgan fingerprint density at radius 3 is 2.82 bits per heavy atom. The molecule has 11 heteroatoms. The van der Waals surface area contributed by atoms with Crippen molar-refractivity contribution in [1.29, 1.82) is 0 Å². The van der Waals surface area contributed by atoms with Crippen LogP contribution in [0, 0.1) is 19.7 Å². The SMILES string of the molecule is Cc1cc(C(=O)N(C)Cc2csc(NC(=O)NCc3cccc(F)c3)n2)c2c(C)noc2n1. The summed E-state index contributed by atoms with van der Waals surface area (Å²) < 4.78 is 18.4. The summed E-state index contributed by atoms with van der Waals surface area (Å²) in [6.07, 6.45) is 0. The molecule has 0 aliphatic rings. The molecule has 0 bridgehead atoms. The molecule has 3 aromatic heterocycles. The van der Waals surface area contributed by atoms with Crippen LogP contribution in [-0.2, 0) is 13.1 Å². The van der Waals surface area contributed by atoms with Crippen LogP contribution >= 0.6 is 11.3 Å². The number of carbonyl (C=O) groups excluding carboxylic acids is 2. The second kappa shape index (κ2) is 9.33. The third kappa shape index (κ3) is 5.14. The van der Waals surface area contributed by atoms with Gasteiger partial charge in [0, 0.05) is 24.7 Å². The van der Waals surface area contributed by atoms with E-state index in [4.69, 9.17) is 4.52 Å². The van der Waals surface area contributed by atoms with Crippen LogP contribution in [-0.4, -0.2) is 39.0 Å². The van der Waals surface area contributed by atoms with Crippen molar-refractivity contribution in [1.82, 2.24) is 25.3 Å². The Morgan fingerprint density at radius 1 is 1.21 bits per heavy atom. The summed E-state index contributed by atoms with van der Waals surface area (Å²) >= 11 is 1.24. The highest BCUT2D eigenvalue weighted by Crippen LogP contribution is 2.24. The average Bonchev–Trinajstić information content (AvgIpc) is 3.37. The van der Waals surface area contributed by atoms with Gasteiger partial charge in [-0.25, -0.2) is 19.2 Å². The predicted octanol–water partition coefficient (Wildman–Crippen LogP) is 4.03. The lowest BCUT2D eigenvalue weighted by Gasteiger charge is -2.16. The number of fused-ring (bicyclic) bond motifs is 1. The third-order valence-corrected chi connectivity index (χ3v) is 5.64. The lowest BCUT2D eigenvalue weighted by atomic mass is 10.1. The van der Waals surface area contributed by atoms with Crippen molar-refractivity contribution < 1.29 is 18.5 Å². The molecular weight excluding hydrogens is 447 g/mol. The maximum Gasteiger partial charge on any atom is 0.321 e. The van der Waals surface area contributed by atoms with E-state index in [0.29, 0.717) is 44.4 Å². The number of hydrogen-bond acceptors (Lipinski definition) is 7. The maximum absolute atomic E-state index is 13.2. The minimum absolute atomic E-state index is 0.182. The Hall–Kier alpha value is -3.86. The van der Waals surface area contributed by atoms with Gasteiger partial charge in [-0.05, 0) is 37.6 Å². The molecule has 9 nitrogen and oxygen atoms in total. The predicted molar refractivity (Wildman–Crippen MR) is 121 cm³/mol. The largest absolute Gasteiger partial charge is 0.336 e. The van der Waals surface area contributed by atoms with Gasteiger partial charge >= 0.3 is 6.03 Å². The first-order valence-corrected chi connectivity index (χ1v) is 10.9. The van der Waals surface area contributed by atoms with Crippen molar-refractivity contribution in [3.05, 3.63) is 69.7 Å². The summed E-state index contributed by atoms with van der Waals surface area (Å²) in [5.74, 6) is -0.577. The Kier molecular flexibility index (Phi) is 6.31. The number of aromatic nitrogens is 3. The summed E-state index contributed by atoms with van der Waals surface area (Å²) in [5.41, 5.74) is 3.31. The number of anilines is 1. The number of benzene rings is 1. The number of halogens is 1. The Labute approximate surface area is 192 Å². The summed E-state index contributed by atoms with van der Waals surface area (Å²) in [7, 11) is 1.67. The summed E-state index contributed by atoms with van der Waals surface area (Å²) in [5, 5.41) is 12.0. The second-order valence-corrected chi connectivity index (χ2v) is 8.36. The van der Waals surface area contributed by atoms with Crippen molar-refractivity contribution in [2.45, 2.75) is 26.9 Å². The van der Waals surface area contributed by atoms with Gasteiger partial charge in [-0.1, -0.05) is 17.3 Å². The average molecular weight is 469 g/mol. The molecule has 0 aliphatic carbocycles. The second-order valence-electron chi connectivity index (χ2n) is 7.50. The monoisotopic (exact) mass is 468 g/mol. The highest BCUT2D eigenvalue weighted by molar-refractivity contribution is 7.13. The van der Waals surface area contributed by atoms with Gasteiger partial charge in [-0.2, -0.15) is 0 Å². The zero-order valence-corrected chi connectivity index (χ0v) is 19.0. The summed E-state index contributed by atoms with van der Waals surface area (Å²) in [6.45, 7) is 3.97. The van der Waals surface area contributed by atoms with Crippen molar-refractivity contribution in [3.8, 4) is 0 Å². The van der Waals surface area contributed by atoms with E-state index in [2.05, 4.69) is 25.8 Å². The first kappa shape index (κ1) is 22.3. The molecule has 0 fully saturated rings. The number of carbonyl (C=O) groups is 2. The van der Waals surface area contributed by atoms with Gasteiger partial charge in [0.2, 0.25) is 0 Å². The van der Waals surface area contributed by atoms with Gasteiger partial charge in [0.05, 0.1) is 28.9 Å². The van der Waals surface area contributed by atoms with Crippen LogP contribution in [0.4, 0.5) is 14.3 Å². The van der Waals surface area contributed by atoms with E-state index < -0.39 is 6.03 Å². The fourth-order valence-electron chi connectivity index (χ4n) is 3.31. The van der Waals surface area contributed by atoms with Gasteiger partial charge in [0.25, 0.3) is 11.6 Å². The highest BCUT2D eigenvalue weighted by Gasteiger charge is 2.21. The minimum atomic E-state index is -0.456. The fraction of sp³-hybridized carbons (Fsp3) is 0.227. The molecule has 3 heterocycles.